The number of methoxy groups -OCH3 is 3. The van der Waals surface area contributed by atoms with Crippen molar-refractivity contribution in [2.24, 2.45) is 45.9 Å². The molecule has 5 amide bonds. The van der Waals surface area contributed by atoms with Crippen molar-refractivity contribution in [1.82, 2.24) is 9.97 Å². The van der Waals surface area contributed by atoms with Crippen molar-refractivity contribution in [3.05, 3.63) is 133 Å². The van der Waals surface area contributed by atoms with Crippen molar-refractivity contribution in [1.29, 1.82) is 0 Å². The Bertz CT molecular complexity index is 2890. The van der Waals surface area contributed by atoms with E-state index in [1.54, 1.807) is 100 Å². The second-order valence-corrected chi connectivity index (χ2v) is 20.5. The van der Waals surface area contributed by atoms with Crippen molar-refractivity contribution in [3.8, 4) is 5.88 Å². The molecule has 0 aliphatic carbocycles. The molecule has 24 N–H and O–H groups in total. The van der Waals surface area contributed by atoms with E-state index in [9.17, 15) is 67.2 Å². The number of aliphatic hydroxyl groups is 2. The molecule has 0 saturated heterocycles. The second-order valence-electron chi connectivity index (χ2n) is 14.8. The van der Waals surface area contributed by atoms with Gasteiger partial charge in [-0.05, 0) is 76.2 Å². The number of benzene rings is 4. The van der Waals surface area contributed by atoms with E-state index in [4.69, 9.17) is 56.5 Å². The molecule has 0 aliphatic rings. The van der Waals surface area contributed by atoms with E-state index < -0.39 is 107 Å². The number of primary amides is 5. The number of hydrogen-bond donors (Lipinski definition) is 16. The van der Waals surface area contributed by atoms with Gasteiger partial charge < -0.3 is 89.9 Å². The molecular weight excluding hydrogens is 1290 g/mol. The highest BCUT2D eigenvalue weighted by molar-refractivity contribution is 7.86. The van der Waals surface area contributed by atoms with Gasteiger partial charge in [-0.25, -0.2) is 14.6 Å². The summed E-state index contributed by atoms with van der Waals surface area (Å²) in [7, 11) is -11.5. The van der Waals surface area contributed by atoms with E-state index in [0.717, 1.165) is 0 Å². The molecule has 4 aromatic carbocycles. The summed E-state index contributed by atoms with van der Waals surface area (Å²) < 4.78 is 140. The van der Waals surface area contributed by atoms with Crippen LogP contribution in [0.1, 0.15) is 38.2 Å². The van der Waals surface area contributed by atoms with Gasteiger partial charge in [-0.2, -0.15) is 33.7 Å². The van der Waals surface area contributed by atoms with Gasteiger partial charge in [0.25, 0.3) is 52.9 Å². The Balaban J connectivity index is -0.000000219. The number of nitrogens with zero attached hydrogens (tertiary/aromatic N) is 1. The lowest BCUT2D eigenvalue weighted by Gasteiger charge is -2.08. The summed E-state index contributed by atoms with van der Waals surface area (Å²) >= 11 is 0. The lowest BCUT2D eigenvalue weighted by Crippen LogP contribution is -2.46. The fourth-order valence-electron chi connectivity index (χ4n) is 3.97. The first-order chi connectivity index (χ1) is 41.5. The average molecular weight is 1370 g/mol. The predicted octanol–water partition coefficient (Wildman–Crippen LogP) is -2.84. The number of esters is 2. The van der Waals surface area contributed by atoms with Gasteiger partial charge in [0.1, 0.15) is 0 Å². The van der Waals surface area contributed by atoms with Crippen molar-refractivity contribution in [3.63, 3.8) is 0 Å². The normalized spacial score (nSPS) is 10.1. The highest BCUT2D eigenvalue weighted by atomic mass is 32.2. The van der Waals surface area contributed by atoms with Gasteiger partial charge in [-0.1, -0.05) is 72.8 Å². The van der Waals surface area contributed by atoms with Gasteiger partial charge in [-0.3, -0.25) is 42.2 Å². The number of H-pyrrole nitrogens is 1. The number of aromatic hydroxyl groups is 1. The number of imidazole rings is 1. The van der Waals surface area contributed by atoms with Crippen LogP contribution in [0, 0.1) is 0 Å². The Hall–Kier alpha value is -8.50. The number of aromatic amines is 1. The van der Waals surface area contributed by atoms with Crippen molar-refractivity contribution in [2.75, 3.05) is 47.8 Å². The van der Waals surface area contributed by atoms with E-state index >= 15 is 0 Å². The molecule has 41 heteroatoms. The molecule has 1 heterocycles. The average Bonchev–Trinajstić information content (AvgIpc) is 3.90. The number of aliphatic hydroxyl groups excluding tert-OH is 2. The fourth-order valence-corrected chi connectivity index (χ4v) is 5.97. The van der Waals surface area contributed by atoms with Crippen LogP contribution >= 0.6 is 0 Å². The van der Waals surface area contributed by atoms with Gasteiger partial charge in [0, 0.05) is 34.5 Å². The molecule has 0 bridgehead atoms. The van der Waals surface area contributed by atoms with Gasteiger partial charge in [0.15, 0.2) is 17.8 Å². The smallest absolute Gasteiger partial charge is 0.334 e. The number of hydrogen-bond acceptors (Lipinski definition) is 27. The van der Waals surface area contributed by atoms with Crippen molar-refractivity contribution < 1.29 is 124 Å². The Morgan fingerprint density at radius 3 is 0.744 bits per heavy atom. The number of amides is 5. The number of nitrogens with two attached hydrogens (primary N) is 8. The maximum Gasteiger partial charge on any atom is 0.334 e. The first kappa shape index (κ1) is 92.7. The molecule has 5 rings (SSSR count). The van der Waals surface area contributed by atoms with Crippen LogP contribution in [0.5, 0.6) is 5.88 Å². The lowest BCUT2D eigenvalue weighted by molar-refractivity contribution is -0.252. The van der Waals surface area contributed by atoms with Crippen LogP contribution in [0.2, 0.25) is 0 Å². The third kappa shape index (κ3) is 51.5. The van der Waals surface area contributed by atoms with Crippen LogP contribution in [0.15, 0.2) is 147 Å². The minimum absolute atomic E-state index is 0.0602. The summed E-state index contributed by atoms with van der Waals surface area (Å²) in [6, 6.07) is 25.7. The maximum absolute atomic E-state index is 10.8. The zero-order chi connectivity index (χ0) is 71.4. The topological polar surface area (TPSA) is 681 Å². The number of rotatable bonds is 16. The van der Waals surface area contributed by atoms with Crippen LogP contribution in [0.3, 0.4) is 0 Å². The zero-order valence-electron chi connectivity index (χ0n) is 49.3. The van der Waals surface area contributed by atoms with Crippen LogP contribution in [-0.4, -0.2) is 191 Å². The SMILES string of the molecule is CCO.CCO.CCOC(=O)C(N)C(=O)OCC.COC(OC)OC.NC(=O)C(N)C(N)=O.NC(=O)C(N)C(N)=O.NC(=O)c1[nH]cnc1O.O=S(=O)(O)c1ccccc1.O=S(=O)(O)c1ccccc1.O=S(=O)(O)c1ccccc1.O=S(=O)(O)c1ccccc1. The van der Waals surface area contributed by atoms with Crippen LogP contribution < -0.4 is 45.9 Å². The van der Waals surface area contributed by atoms with Crippen LogP contribution in [-0.2, 0) is 92.9 Å². The van der Waals surface area contributed by atoms with Gasteiger partial charge in [-0.15, -0.1) is 0 Å². The number of aromatic nitrogens is 2. The molecule has 0 atom stereocenters. The number of carbonyl (C=O) groups excluding carboxylic acids is 7. The minimum atomic E-state index is -4.00. The van der Waals surface area contributed by atoms with Gasteiger partial charge in [0.05, 0.1) is 39.1 Å². The first-order valence-electron chi connectivity index (χ1n) is 24.2. The summed E-state index contributed by atoms with van der Waals surface area (Å²) in [6.07, 6.45) is 1.19. The molecule has 0 spiro atoms. The molecule has 5 aromatic rings. The van der Waals surface area contributed by atoms with Gasteiger partial charge in [0.2, 0.25) is 35.6 Å². The summed E-state index contributed by atoms with van der Waals surface area (Å²) in [5, 5.41) is 23.8. The van der Waals surface area contributed by atoms with E-state index in [2.05, 4.69) is 56.6 Å². The lowest BCUT2D eigenvalue weighted by atomic mass is 10.3. The Morgan fingerprint density at radius 1 is 0.444 bits per heavy atom. The minimum Gasteiger partial charge on any atom is -0.492 e. The number of carbonyl (C=O) groups is 7. The van der Waals surface area contributed by atoms with E-state index in [-0.39, 0.29) is 57.6 Å². The molecule has 37 nitrogen and oxygen atoms in total. The molecule has 0 unspecified atom stereocenters. The number of ether oxygens (including phenoxy) is 5. The second kappa shape index (κ2) is 52.4. The Morgan fingerprint density at radius 2 is 0.656 bits per heavy atom. The quantitative estimate of drug-likeness (QED) is 0.0205. The summed E-state index contributed by atoms with van der Waals surface area (Å²) in [6.45, 7) is 7.02. The molecule has 90 heavy (non-hydrogen) atoms. The molecule has 0 saturated carbocycles. The molecule has 1 aromatic heterocycles. The number of nitrogens with one attached hydrogen (secondary N) is 1. The molecule has 0 fully saturated rings. The highest BCUT2D eigenvalue weighted by Gasteiger charge is 2.24. The fraction of sp³-hybridized carbons (Fsp3) is 0.306. The van der Waals surface area contributed by atoms with Crippen LogP contribution in [0.25, 0.3) is 0 Å². The van der Waals surface area contributed by atoms with E-state index in [1.165, 1.54) is 76.2 Å². The summed E-state index contributed by atoms with van der Waals surface area (Å²) in [5.41, 5.74) is 37.8. The first-order valence-corrected chi connectivity index (χ1v) is 30.0. The van der Waals surface area contributed by atoms with Gasteiger partial charge >= 0.3 is 11.9 Å². The van der Waals surface area contributed by atoms with Crippen molar-refractivity contribution >= 4 is 81.9 Å². The zero-order valence-corrected chi connectivity index (χ0v) is 52.5. The maximum atomic E-state index is 10.8. The standard InChI is InChI=1S/C7H13NO4.4C6H6O3S.C4H5N3O2.C4H10O3.2C3H7N3O2.2C2H6O/c1-3-11-6(9)5(8)7(10)12-4-2;4*7-10(8,9)6-4-2-1-3-5-6;5-3(8)2-4(9)7-1-6-2;1-5-4(6-2)7-3;2*4-1(2(5)7)3(6)8;2*1-2-3/h5H,3-4,8H2,1-2H3;4*1-5H,(H,7,8,9);1,9H,(H2,5,8)(H,6,7);4H,1-3H3;2*1H,4H2,(H2,5,7)(H2,6,8);2*3H,2H2,1H3. The van der Waals surface area contributed by atoms with Crippen LogP contribution in [0.4, 0.5) is 0 Å². The summed E-state index contributed by atoms with van der Waals surface area (Å²) in [4.78, 5) is 77.1. The highest BCUT2D eigenvalue weighted by Crippen LogP contribution is 2.09. The Labute approximate surface area is 518 Å². The Kier molecular flexibility index (Phi) is 54.0. The monoisotopic (exact) mass is 1370 g/mol. The third-order valence-electron chi connectivity index (χ3n) is 7.91. The van der Waals surface area contributed by atoms with E-state index in [1.807, 2.05) is 0 Å². The molecule has 0 radical (unpaired) electrons. The predicted molar refractivity (Wildman–Crippen MR) is 318 cm³/mol. The summed E-state index contributed by atoms with van der Waals surface area (Å²) in [5.74, 6) is -6.20. The molecule has 510 valence electrons. The van der Waals surface area contributed by atoms with E-state index in [0.29, 0.717) is 0 Å². The largest absolute Gasteiger partial charge is 0.492 e. The molecule has 0 aliphatic heterocycles. The molecular formula is C49H78N10O27S4. The third-order valence-corrected chi connectivity index (χ3v) is 11.4. The van der Waals surface area contributed by atoms with Crippen molar-refractivity contribution in [2.45, 2.75) is 71.9 Å².